The number of aromatic nitrogens is 1. The first-order chi connectivity index (χ1) is 15.5. The molecule has 32 heavy (non-hydrogen) atoms. The Balaban J connectivity index is 1.96. The summed E-state index contributed by atoms with van der Waals surface area (Å²) in [5.74, 6) is -1.03. The fraction of sp³-hybridized carbons (Fsp3) is 0.125. The van der Waals surface area contributed by atoms with Gasteiger partial charge in [-0.3, -0.25) is 19.5 Å². The molecule has 1 unspecified atom stereocenters. The molecule has 8 heteroatoms. The van der Waals surface area contributed by atoms with Crippen LogP contribution in [0.15, 0.2) is 72.6 Å². The van der Waals surface area contributed by atoms with Gasteiger partial charge in [-0.2, -0.15) is 0 Å². The maximum Gasteiger partial charge on any atom is 0.300 e. The van der Waals surface area contributed by atoms with Crippen LogP contribution in [0.2, 0.25) is 5.02 Å². The summed E-state index contributed by atoms with van der Waals surface area (Å²) in [4.78, 5) is 31.7. The number of anilines is 1. The van der Waals surface area contributed by atoms with E-state index in [-0.39, 0.29) is 21.9 Å². The van der Waals surface area contributed by atoms with Crippen molar-refractivity contribution in [2.75, 3.05) is 19.1 Å². The summed E-state index contributed by atoms with van der Waals surface area (Å²) in [6.45, 7) is 0. The fourth-order valence-corrected chi connectivity index (χ4v) is 3.89. The molecule has 1 aliphatic rings. The van der Waals surface area contributed by atoms with Crippen LogP contribution < -0.4 is 14.4 Å². The highest BCUT2D eigenvalue weighted by atomic mass is 35.5. The summed E-state index contributed by atoms with van der Waals surface area (Å²) in [6.07, 6.45) is 3.11. The molecule has 0 aliphatic carbocycles. The van der Waals surface area contributed by atoms with Gasteiger partial charge in [0, 0.05) is 29.7 Å². The van der Waals surface area contributed by atoms with Crippen molar-refractivity contribution in [3.63, 3.8) is 0 Å². The van der Waals surface area contributed by atoms with E-state index in [1.54, 1.807) is 60.9 Å². The summed E-state index contributed by atoms with van der Waals surface area (Å²) < 4.78 is 10.5. The van der Waals surface area contributed by atoms with Gasteiger partial charge in [-0.1, -0.05) is 17.7 Å². The van der Waals surface area contributed by atoms with Gasteiger partial charge in [0.1, 0.15) is 17.3 Å². The number of methoxy groups -OCH3 is 2. The van der Waals surface area contributed by atoms with Crippen LogP contribution >= 0.6 is 11.6 Å². The predicted molar refractivity (Wildman–Crippen MR) is 120 cm³/mol. The van der Waals surface area contributed by atoms with E-state index in [2.05, 4.69) is 4.98 Å². The van der Waals surface area contributed by atoms with Gasteiger partial charge in [0.05, 0.1) is 30.9 Å². The van der Waals surface area contributed by atoms with Crippen molar-refractivity contribution < 1.29 is 24.2 Å². The number of pyridine rings is 1. The number of benzene rings is 2. The van der Waals surface area contributed by atoms with Crippen molar-refractivity contribution in [3.05, 3.63) is 88.7 Å². The summed E-state index contributed by atoms with van der Waals surface area (Å²) in [6, 6.07) is 14.0. The predicted octanol–water partition coefficient (Wildman–Crippen LogP) is 4.38. The van der Waals surface area contributed by atoms with Gasteiger partial charge in [-0.25, -0.2) is 0 Å². The molecule has 1 aliphatic heterocycles. The molecule has 0 saturated carbocycles. The number of amides is 1. The molecule has 0 radical (unpaired) electrons. The monoisotopic (exact) mass is 450 g/mol. The van der Waals surface area contributed by atoms with E-state index in [0.717, 1.165) is 0 Å². The molecule has 1 fully saturated rings. The summed E-state index contributed by atoms with van der Waals surface area (Å²) in [7, 11) is 2.99. The van der Waals surface area contributed by atoms with E-state index >= 15 is 0 Å². The molecule has 4 rings (SSSR count). The van der Waals surface area contributed by atoms with E-state index in [0.29, 0.717) is 22.7 Å². The Morgan fingerprint density at radius 1 is 1.00 bits per heavy atom. The van der Waals surface area contributed by atoms with Crippen LogP contribution in [-0.2, 0) is 9.59 Å². The topological polar surface area (TPSA) is 89.0 Å². The van der Waals surface area contributed by atoms with Crippen molar-refractivity contribution in [3.8, 4) is 11.5 Å². The van der Waals surface area contributed by atoms with E-state index in [4.69, 9.17) is 21.1 Å². The number of hydrogen-bond acceptors (Lipinski definition) is 6. The number of carbonyl (C=O) groups excluding carboxylic acids is 2. The minimum atomic E-state index is -0.896. The normalized spacial score (nSPS) is 17.5. The van der Waals surface area contributed by atoms with E-state index in [9.17, 15) is 14.7 Å². The Bertz CT molecular complexity index is 1230. The molecule has 2 aromatic carbocycles. The molecular weight excluding hydrogens is 432 g/mol. The van der Waals surface area contributed by atoms with Crippen LogP contribution in [0.3, 0.4) is 0 Å². The summed E-state index contributed by atoms with van der Waals surface area (Å²) in [5.41, 5.74) is 1.15. The number of aliphatic hydroxyl groups is 1. The second-order valence-electron chi connectivity index (χ2n) is 7.00. The lowest BCUT2D eigenvalue weighted by molar-refractivity contribution is -0.132. The van der Waals surface area contributed by atoms with Gasteiger partial charge < -0.3 is 14.6 Å². The smallest absolute Gasteiger partial charge is 0.300 e. The zero-order valence-corrected chi connectivity index (χ0v) is 18.0. The van der Waals surface area contributed by atoms with Gasteiger partial charge >= 0.3 is 0 Å². The first-order valence-corrected chi connectivity index (χ1v) is 10.0. The zero-order valence-electron chi connectivity index (χ0n) is 17.3. The number of halogens is 1. The number of rotatable bonds is 5. The maximum atomic E-state index is 13.2. The lowest BCUT2D eigenvalue weighted by atomic mass is 9.95. The van der Waals surface area contributed by atoms with Crippen molar-refractivity contribution in [2.45, 2.75) is 6.04 Å². The fourth-order valence-electron chi connectivity index (χ4n) is 3.68. The third-order valence-electron chi connectivity index (χ3n) is 5.23. The second kappa shape index (κ2) is 8.72. The van der Waals surface area contributed by atoms with Crippen LogP contribution in [-0.4, -0.2) is 36.0 Å². The lowest BCUT2D eigenvalue weighted by Gasteiger charge is -2.25. The third-order valence-corrected chi connectivity index (χ3v) is 5.56. The molecule has 7 nitrogen and oxygen atoms in total. The highest BCUT2D eigenvalue weighted by molar-refractivity contribution is 6.52. The van der Waals surface area contributed by atoms with Gasteiger partial charge in [0.15, 0.2) is 0 Å². The Hall–Kier alpha value is -3.84. The quantitative estimate of drug-likeness (QED) is 0.352. The molecule has 1 atom stereocenters. The van der Waals surface area contributed by atoms with Crippen molar-refractivity contribution in [2.24, 2.45) is 0 Å². The van der Waals surface area contributed by atoms with Crippen molar-refractivity contribution in [1.29, 1.82) is 0 Å². The Labute approximate surface area is 189 Å². The first kappa shape index (κ1) is 21.4. The van der Waals surface area contributed by atoms with Crippen LogP contribution in [0.1, 0.15) is 17.2 Å². The van der Waals surface area contributed by atoms with E-state index < -0.39 is 17.7 Å². The van der Waals surface area contributed by atoms with Crippen LogP contribution in [0.25, 0.3) is 5.76 Å². The lowest BCUT2D eigenvalue weighted by Crippen LogP contribution is -2.29. The Morgan fingerprint density at radius 3 is 2.38 bits per heavy atom. The number of ketones is 1. The summed E-state index contributed by atoms with van der Waals surface area (Å²) in [5, 5.41) is 11.4. The highest BCUT2D eigenvalue weighted by Crippen LogP contribution is 2.43. The molecule has 2 heterocycles. The molecule has 0 bridgehead atoms. The molecule has 1 N–H and O–H groups in total. The Morgan fingerprint density at radius 2 is 1.69 bits per heavy atom. The van der Waals surface area contributed by atoms with Crippen LogP contribution in [0.5, 0.6) is 11.5 Å². The number of carbonyl (C=O) groups is 2. The van der Waals surface area contributed by atoms with Gasteiger partial charge in [0.2, 0.25) is 0 Å². The first-order valence-electron chi connectivity index (χ1n) is 9.65. The van der Waals surface area contributed by atoms with Gasteiger partial charge in [0.25, 0.3) is 11.7 Å². The van der Waals surface area contributed by atoms with Crippen molar-refractivity contribution >= 4 is 34.7 Å². The second-order valence-corrected chi connectivity index (χ2v) is 7.40. The number of nitrogens with zero attached hydrogens (tertiary/aromatic N) is 2. The molecule has 1 amide bonds. The van der Waals surface area contributed by atoms with Crippen molar-refractivity contribution in [1.82, 2.24) is 4.98 Å². The number of aliphatic hydroxyl groups excluding tert-OH is 1. The molecule has 3 aromatic rings. The van der Waals surface area contributed by atoms with Gasteiger partial charge in [-0.05, 0) is 48.0 Å². The minimum Gasteiger partial charge on any atom is -0.507 e. The maximum absolute atomic E-state index is 13.2. The number of hydrogen-bond donors (Lipinski definition) is 1. The van der Waals surface area contributed by atoms with E-state index in [1.807, 2.05) is 0 Å². The number of ether oxygens (including phenoxy) is 2. The highest BCUT2D eigenvalue weighted by Gasteiger charge is 2.47. The van der Waals surface area contributed by atoms with Crippen LogP contribution in [0, 0.1) is 0 Å². The third kappa shape index (κ3) is 3.67. The SMILES string of the molecule is COc1cccc(N2C(=O)C(=O)/C(=C(/O)c3cc(OC)ccc3Cl)C2c2ccncc2)c1. The Kier molecular flexibility index (Phi) is 5.83. The number of Topliss-reactive ketones (excluding diaryl/α,β-unsaturated/α-hetero) is 1. The van der Waals surface area contributed by atoms with E-state index in [1.165, 1.54) is 25.2 Å². The molecule has 0 spiro atoms. The van der Waals surface area contributed by atoms with Gasteiger partial charge in [-0.15, -0.1) is 0 Å². The molecule has 1 saturated heterocycles. The molecule has 162 valence electrons. The largest absolute Gasteiger partial charge is 0.507 e. The molecular formula is C24H19ClN2O5. The molecule has 1 aromatic heterocycles. The zero-order chi connectivity index (χ0) is 22.8. The minimum absolute atomic E-state index is 0.0841. The summed E-state index contributed by atoms with van der Waals surface area (Å²) >= 11 is 6.31. The van der Waals surface area contributed by atoms with Crippen LogP contribution in [0.4, 0.5) is 5.69 Å². The average molecular weight is 451 g/mol. The average Bonchev–Trinajstić information content (AvgIpc) is 3.10. The standard InChI is InChI=1S/C24H19ClN2O5/c1-31-16-5-3-4-15(12-16)27-21(14-8-10-26-11-9-14)20(23(29)24(27)30)22(28)18-13-17(32-2)6-7-19(18)25/h3-13,21,28H,1-2H3/b22-20+.